The number of nitrogens with zero attached hydrogens (tertiary/aromatic N) is 2. The van der Waals surface area contributed by atoms with E-state index in [-0.39, 0.29) is 37.1 Å². The number of rotatable bonds is 7. The summed E-state index contributed by atoms with van der Waals surface area (Å²) in [5, 5.41) is 3.44. The van der Waals surface area contributed by atoms with Gasteiger partial charge in [0, 0.05) is 17.5 Å². The maximum Gasteiger partial charge on any atom is 0.308 e. The third-order valence-corrected chi connectivity index (χ3v) is 5.91. The van der Waals surface area contributed by atoms with Crippen molar-refractivity contribution in [3.05, 3.63) is 27.1 Å². The van der Waals surface area contributed by atoms with Gasteiger partial charge >= 0.3 is 5.97 Å². The van der Waals surface area contributed by atoms with Gasteiger partial charge in [-0.15, -0.1) is 11.3 Å². The highest BCUT2D eigenvalue weighted by Crippen LogP contribution is 2.32. The second kappa shape index (κ2) is 7.57. The van der Waals surface area contributed by atoms with Gasteiger partial charge in [0.2, 0.25) is 0 Å². The largest absolute Gasteiger partial charge is 0.456 e. The first-order valence-corrected chi connectivity index (χ1v) is 9.58. The van der Waals surface area contributed by atoms with Gasteiger partial charge in [-0.3, -0.25) is 19.0 Å². The topological polar surface area (TPSA) is 90.3 Å². The summed E-state index contributed by atoms with van der Waals surface area (Å²) in [5.74, 6) is -0.250. The summed E-state index contributed by atoms with van der Waals surface area (Å²) < 4.78 is 6.41. The van der Waals surface area contributed by atoms with Crippen molar-refractivity contribution in [1.82, 2.24) is 14.9 Å². The predicted molar refractivity (Wildman–Crippen MR) is 99.3 cm³/mol. The summed E-state index contributed by atoms with van der Waals surface area (Å²) in [5.41, 5.74) is 0.779. The number of nitrogens with one attached hydrogen (secondary N) is 1. The van der Waals surface area contributed by atoms with Crippen molar-refractivity contribution in [3.8, 4) is 0 Å². The number of ether oxygens (including phenoxy) is 1. The Labute approximate surface area is 155 Å². The van der Waals surface area contributed by atoms with Crippen molar-refractivity contribution in [2.45, 2.75) is 52.6 Å². The summed E-state index contributed by atoms with van der Waals surface area (Å²) >= 11 is 1.49. The number of aryl methyl sites for hydroxylation is 3. The van der Waals surface area contributed by atoms with Crippen molar-refractivity contribution in [2.24, 2.45) is 5.92 Å². The predicted octanol–water partition coefficient (Wildman–Crippen LogP) is 1.92. The van der Waals surface area contributed by atoms with Crippen LogP contribution in [0.2, 0.25) is 0 Å². The maximum atomic E-state index is 12.5. The van der Waals surface area contributed by atoms with E-state index in [4.69, 9.17) is 4.74 Å². The Morgan fingerprint density at radius 1 is 1.42 bits per heavy atom. The first-order chi connectivity index (χ1) is 12.4. The van der Waals surface area contributed by atoms with Gasteiger partial charge in [0.25, 0.3) is 11.5 Å². The molecule has 0 saturated heterocycles. The van der Waals surface area contributed by atoms with Crippen LogP contribution in [0, 0.1) is 19.8 Å². The Bertz CT molecular complexity index is 898. The van der Waals surface area contributed by atoms with E-state index >= 15 is 0 Å². The molecule has 140 valence electrons. The van der Waals surface area contributed by atoms with Crippen LogP contribution in [-0.4, -0.2) is 34.1 Å². The molecule has 1 atom stereocenters. The molecule has 8 heteroatoms. The van der Waals surface area contributed by atoms with Crippen LogP contribution in [-0.2, 0) is 20.9 Å². The van der Waals surface area contributed by atoms with Crippen LogP contribution in [0.3, 0.4) is 0 Å². The normalized spacial score (nSPS) is 15.0. The Balaban J connectivity index is 1.52. The van der Waals surface area contributed by atoms with Crippen molar-refractivity contribution in [3.63, 3.8) is 0 Å². The van der Waals surface area contributed by atoms with Crippen LogP contribution in [0.4, 0.5) is 0 Å². The molecule has 0 aliphatic heterocycles. The average molecular weight is 377 g/mol. The molecule has 26 heavy (non-hydrogen) atoms. The van der Waals surface area contributed by atoms with Crippen LogP contribution >= 0.6 is 11.3 Å². The Morgan fingerprint density at radius 3 is 2.85 bits per heavy atom. The van der Waals surface area contributed by atoms with Crippen LogP contribution < -0.4 is 10.9 Å². The molecule has 1 fully saturated rings. The molecule has 3 rings (SSSR count). The van der Waals surface area contributed by atoms with Crippen molar-refractivity contribution >= 4 is 33.4 Å². The highest BCUT2D eigenvalue weighted by Gasteiger charge is 2.28. The van der Waals surface area contributed by atoms with E-state index in [1.165, 1.54) is 22.2 Å². The molecule has 0 spiro atoms. The summed E-state index contributed by atoms with van der Waals surface area (Å²) in [6, 6.07) is 0.120. The molecule has 0 aromatic carbocycles. The molecule has 1 unspecified atom stereocenters. The minimum absolute atomic E-state index is 0.0146. The molecule has 0 radical (unpaired) electrons. The third kappa shape index (κ3) is 4.12. The molecule has 0 bridgehead atoms. The molecule has 1 aliphatic carbocycles. The summed E-state index contributed by atoms with van der Waals surface area (Å²) in [4.78, 5) is 42.2. The molecule has 1 N–H and O–H groups in total. The second-order valence-electron chi connectivity index (χ2n) is 6.81. The maximum absolute atomic E-state index is 12.5. The lowest BCUT2D eigenvalue weighted by Gasteiger charge is -2.12. The smallest absolute Gasteiger partial charge is 0.308 e. The van der Waals surface area contributed by atoms with Crippen LogP contribution in [0.5, 0.6) is 0 Å². The average Bonchev–Trinajstić information content (AvgIpc) is 3.40. The van der Waals surface area contributed by atoms with Gasteiger partial charge in [0.1, 0.15) is 4.83 Å². The van der Waals surface area contributed by atoms with Crippen LogP contribution in [0.25, 0.3) is 10.2 Å². The number of hydrogen-bond donors (Lipinski definition) is 1. The minimum Gasteiger partial charge on any atom is -0.456 e. The fourth-order valence-corrected chi connectivity index (χ4v) is 3.86. The Kier molecular flexibility index (Phi) is 5.41. The van der Waals surface area contributed by atoms with Gasteiger partial charge in [0.15, 0.2) is 6.61 Å². The molecular formula is C18H23N3O4S. The zero-order chi connectivity index (χ0) is 18.8. The molecule has 7 nitrogen and oxygen atoms in total. The fourth-order valence-electron chi connectivity index (χ4n) is 2.87. The number of aromatic nitrogens is 2. The van der Waals surface area contributed by atoms with Crippen LogP contribution in [0.15, 0.2) is 11.1 Å². The fraction of sp³-hybridized carbons (Fsp3) is 0.556. The number of fused-ring (bicyclic) bond motifs is 1. The van der Waals surface area contributed by atoms with Gasteiger partial charge in [0.05, 0.1) is 18.1 Å². The number of thiophene rings is 1. The van der Waals surface area contributed by atoms with Gasteiger partial charge < -0.3 is 10.1 Å². The highest BCUT2D eigenvalue weighted by atomic mass is 32.1. The molecule has 1 aliphatic rings. The summed E-state index contributed by atoms with van der Waals surface area (Å²) in [6.07, 6.45) is 3.74. The van der Waals surface area contributed by atoms with E-state index in [1.807, 2.05) is 20.8 Å². The van der Waals surface area contributed by atoms with Crippen molar-refractivity contribution < 1.29 is 14.3 Å². The first kappa shape index (κ1) is 18.6. The lowest BCUT2D eigenvalue weighted by atomic mass is 10.2. The highest BCUT2D eigenvalue weighted by molar-refractivity contribution is 7.18. The van der Waals surface area contributed by atoms with E-state index in [2.05, 4.69) is 10.3 Å². The Morgan fingerprint density at radius 2 is 2.15 bits per heavy atom. The lowest BCUT2D eigenvalue weighted by molar-refractivity contribution is -0.149. The standard InChI is InChI=1S/C18H23N3O4S/c1-10-12(3)26-17-16(10)18(24)21(9-19-17)7-6-15(23)25-8-14(22)20-11(2)13-4-5-13/h9,11,13H,4-8H2,1-3H3,(H,20,22). The number of amides is 1. The van der Waals surface area contributed by atoms with Gasteiger partial charge in [-0.1, -0.05) is 0 Å². The first-order valence-electron chi connectivity index (χ1n) is 8.77. The van der Waals surface area contributed by atoms with E-state index < -0.39 is 5.97 Å². The number of carbonyl (C=O) groups excluding carboxylic acids is 2. The monoisotopic (exact) mass is 377 g/mol. The molecule has 2 aromatic rings. The molecule has 1 saturated carbocycles. The SMILES string of the molecule is Cc1sc2ncn(CCC(=O)OCC(=O)NC(C)C3CC3)c(=O)c2c1C. The number of hydrogen-bond acceptors (Lipinski definition) is 6. The second-order valence-corrected chi connectivity index (χ2v) is 8.01. The molecule has 1 amide bonds. The molecule has 2 heterocycles. The lowest BCUT2D eigenvalue weighted by Crippen LogP contribution is -2.37. The van der Waals surface area contributed by atoms with E-state index in [0.717, 1.165) is 23.3 Å². The van der Waals surface area contributed by atoms with Gasteiger partial charge in [-0.05, 0) is 45.1 Å². The summed E-state index contributed by atoms with van der Waals surface area (Å²) in [6.45, 7) is 5.70. The Hall–Kier alpha value is -2.22. The third-order valence-electron chi connectivity index (χ3n) is 4.79. The van der Waals surface area contributed by atoms with E-state index in [9.17, 15) is 14.4 Å². The van der Waals surface area contributed by atoms with Gasteiger partial charge in [-0.25, -0.2) is 4.98 Å². The zero-order valence-corrected chi connectivity index (χ0v) is 16.0. The van der Waals surface area contributed by atoms with Crippen molar-refractivity contribution in [1.29, 1.82) is 0 Å². The van der Waals surface area contributed by atoms with Crippen LogP contribution in [0.1, 0.15) is 36.6 Å². The minimum atomic E-state index is -0.510. The van der Waals surface area contributed by atoms with Crippen molar-refractivity contribution in [2.75, 3.05) is 6.61 Å². The molecule has 2 aromatic heterocycles. The number of carbonyl (C=O) groups is 2. The van der Waals surface area contributed by atoms with E-state index in [0.29, 0.717) is 16.1 Å². The number of esters is 1. The molecular weight excluding hydrogens is 354 g/mol. The van der Waals surface area contributed by atoms with E-state index in [1.54, 1.807) is 0 Å². The zero-order valence-electron chi connectivity index (χ0n) is 15.2. The summed E-state index contributed by atoms with van der Waals surface area (Å²) in [7, 11) is 0. The van der Waals surface area contributed by atoms with Gasteiger partial charge in [-0.2, -0.15) is 0 Å². The quantitative estimate of drug-likeness (QED) is 0.745.